The van der Waals surface area contributed by atoms with Crippen LogP contribution in [0.3, 0.4) is 0 Å². The van der Waals surface area contributed by atoms with Crippen molar-refractivity contribution in [3.05, 3.63) is 0 Å². The van der Waals surface area contributed by atoms with Gasteiger partial charge in [-0.15, -0.1) is 0 Å². The maximum Gasteiger partial charge on any atom is 0.325 e. The van der Waals surface area contributed by atoms with Gasteiger partial charge in [-0.1, -0.05) is 13.8 Å². The quantitative estimate of drug-likeness (QED) is 0.501. The molecule has 0 fully saturated rings. The van der Waals surface area contributed by atoms with Gasteiger partial charge in [-0.25, -0.2) is 0 Å². The van der Waals surface area contributed by atoms with Gasteiger partial charge in [0.25, 0.3) is 0 Å². The van der Waals surface area contributed by atoms with E-state index in [9.17, 15) is 4.79 Å². The fraction of sp³-hybridized carbons (Fsp3) is 0.923. The number of rotatable bonds is 9. The average Bonchev–Trinajstić information content (AvgIpc) is 2.26. The van der Waals surface area contributed by atoms with E-state index in [1.165, 1.54) is 7.11 Å². The first-order valence-electron chi connectivity index (χ1n) is 6.36. The number of methoxy groups -OCH3 is 1. The van der Waals surface area contributed by atoms with Crippen LogP contribution in [-0.2, 0) is 19.0 Å². The van der Waals surface area contributed by atoms with Gasteiger partial charge in [-0.05, 0) is 19.8 Å². The highest BCUT2D eigenvalue weighted by Gasteiger charge is 2.31. The summed E-state index contributed by atoms with van der Waals surface area (Å²) in [7, 11) is 1.33. The first-order chi connectivity index (χ1) is 8.29. The minimum Gasteiger partial charge on any atom is -0.468 e. The first-order valence-corrected chi connectivity index (χ1v) is 6.36. The van der Waals surface area contributed by atoms with Crippen LogP contribution in [0.25, 0.3) is 0 Å². The van der Waals surface area contributed by atoms with Crippen LogP contribution in [0.1, 0.15) is 34.1 Å². The molecule has 2 atom stereocenters. The second kappa shape index (κ2) is 8.45. The molecule has 0 bridgehead atoms. The van der Waals surface area contributed by atoms with Crippen LogP contribution < -0.4 is 5.73 Å². The Morgan fingerprint density at radius 2 is 1.89 bits per heavy atom. The zero-order valence-electron chi connectivity index (χ0n) is 12.2. The number of hydrogen-bond donors (Lipinski definition) is 1. The molecule has 0 rings (SSSR count). The van der Waals surface area contributed by atoms with Crippen molar-refractivity contribution in [3.63, 3.8) is 0 Å². The third kappa shape index (κ3) is 7.63. The highest BCUT2D eigenvalue weighted by atomic mass is 16.5. The van der Waals surface area contributed by atoms with Gasteiger partial charge in [0.1, 0.15) is 5.54 Å². The van der Waals surface area contributed by atoms with E-state index < -0.39 is 11.5 Å². The predicted molar refractivity (Wildman–Crippen MR) is 70.3 cm³/mol. The molecule has 0 saturated heterocycles. The lowest BCUT2D eigenvalue weighted by Gasteiger charge is -2.25. The van der Waals surface area contributed by atoms with E-state index in [2.05, 4.69) is 18.6 Å². The third-order valence-electron chi connectivity index (χ3n) is 2.44. The summed E-state index contributed by atoms with van der Waals surface area (Å²) in [5, 5.41) is 0. The number of ether oxygens (including phenoxy) is 3. The smallest absolute Gasteiger partial charge is 0.325 e. The van der Waals surface area contributed by atoms with Crippen molar-refractivity contribution < 1.29 is 19.0 Å². The summed E-state index contributed by atoms with van der Waals surface area (Å²) in [5.41, 5.74) is 4.85. The molecule has 108 valence electrons. The van der Waals surface area contributed by atoms with E-state index in [4.69, 9.17) is 15.2 Å². The molecule has 2 unspecified atom stereocenters. The summed E-state index contributed by atoms with van der Waals surface area (Å²) in [6.45, 7) is 9.52. The number of nitrogens with two attached hydrogens (primary N) is 1. The van der Waals surface area contributed by atoms with Crippen molar-refractivity contribution in [1.29, 1.82) is 0 Å². The molecule has 0 spiro atoms. The van der Waals surface area contributed by atoms with Crippen molar-refractivity contribution >= 4 is 5.97 Å². The molecule has 18 heavy (non-hydrogen) atoms. The van der Waals surface area contributed by atoms with Crippen LogP contribution in [0.4, 0.5) is 0 Å². The van der Waals surface area contributed by atoms with Crippen molar-refractivity contribution in [3.8, 4) is 0 Å². The van der Waals surface area contributed by atoms with Gasteiger partial charge in [0, 0.05) is 13.0 Å². The Labute approximate surface area is 110 Å². The average molecular weight is 261 g/mol. The van der Waals surface area contributed by atoms with Crippen LogP contribution in [0, 0.1) is 5.92 Å². The fourth-order valence-corrected chi connectivity index (χ4v) is 1.60. The van der Waals surface area contributed by atoms with Crippen LogP contribution in [0.5, 0.6) is 0 Å². The fourth-order valence-electron chi connectivity index (χ4n) is 1.60. The molecule has 0 aliphatic carbocycles. The van der Waals surface area contributed by atoms with Crippen molar-refractivity contribution in [2.75, 3.05) is 26.9 Å². The van der Waals surface area contributed by atoms with Crippen molar-refractivity contribution in [1.82, 2.24) is 0 Å². The molecular weight excluding hydrogens is 234 g/mol. The monoisotopic (exact) mass is 261 g/mol. The number of carbonyl (C=O) groups is 1. The van der Waals surface area contributed by atoms with E-state index in [-0.39, 0.29) is 6.10 Å². The highest BCUT2D eigenvalue weighted by Crippen LogP contribution is 2.13. The van der Waals surface area contributed by atoms with Crippen molar-refractivity contribution in [2.24, 2.45) is 11.7 Å². The van der Waals surface area contributed by atoms with Gasteiger partial charge in [0.05, 0.1) is 26.4 Å². The summed E-state index contributed by atoms with van der Waals surface area (Å²) < 4.78 is 15.6. The Morgan fingerprint density at radius 1 is 1.28 bits per heavy atom. The van der Waals surface area contributed by atoms with Crippen LogP contribution in [0.2, 0.25) is 0 Å². The standard InChI is InChI=1S/C13H27NO4/c1-10(2)9-17-6-7-18-11(3)8-13(4,14)12(15)16-5/h10-11H,6-9,14H2,1-5H3. The van der Waals surface area contributed by atoms with Gasteiger partial charge in [0.15, 0.2) is 0 Å². The van der Waals surface area contributed by atoms with Gasteiger partial charge in [-0.2, -0.15) is 0 Å². The second-order valence-electron chi connectivity index (χ2n) is 5.26. The van der Waals surface area contributed by atoms with Crippen LogP contribution in [-0.4, -0.2) is 44.5 Å². The molecule has 0 radical (unpaired) electrons. The van der Waals surface area contributed by atoms with E-state index in [1.54, 1.807) is 6.92 Å². The van der Waals surface area contributed by atoms with Gasteiger partial charge >= 0.3 is 5.97 Å². The molecule has 0 aliphatic heterocycles. The Balaban J connectivity index is 3.77. The Kier molecular flexibility index (Phi) is 8.15. The summed E-state index contributed by atoms with van der Waals surface area (Å²) in [5.74, 6) is 0.100. The lowest BCUT2D eigenvalue weighted by Crippen LogP contribution is -2.48. The highest BCUT2D eigenvalue weighted by molar-refractivity contribution is 5.79. The maximum atomic E-state index is 11.4. The lowest BCUT2D eigenvalue weighted by molar-refractivity contribution is -0.148. The zero-order chi connectivity index (χ0) is 14.2. The molecule has 0 heterocycles. The minimum absolute atomic E-state index is 0.109. The minimum atomic E-state index is -1.01. The van der Waals surface area contributed by atoms with E-state index in [1.807, 2.05) is 6.92 Å². The first kappa shape index (κ1) is 17.4. The molecule has 0 amide bonds. The number of esters is 1. The molecule has 0 aromatic rings. The molecule has 0 aromatic carbocycles. The van der Waals surface area contributed by atoms with E-state index in [0.717, 1.165) is 6.61 Å². The Bertz CT molecular complexity index is 241. The lowest BCUT2D eigenvalue weighted by atomic mass is 9.96. The SMILES string of the molecule is COC(=O)C(C)(N)CC(C)OCCOCC(C)C. The summed E-state index contributed by atoms with van der Waals surface area (Å²) >= 11 is 0. The number of carbonyl (C=O) groups excluding carboxylic acids is 1. The second-order valence-corrected chi connectivity index (χ2v) is 5.26. The summed E-state index contributed by atoms with van der Waals surface area (Å²) in [4.78, 5) is 11.4. The van der Waals surface area contributed by atoms with Crippen molar-refractivity contribution in [2.45, 2.75) is 45.8 Å². The molecular formula is C13H27NO4. The van der Waals surface area contributed by atoms with Gasteiger partial charge in [-0.3, -0.25) is 4.79 Å². The Morgan fingerprint density at radius 3 is 2.39 bits per heavy atom. The Hall–Kier alpha value is -0.650. The van der Waals surface area contributed by atoms with E-state index in [0.29, 0.717) is 25.6 Å². The largest absolute Gasteiger partial charge is 0.468 e. The predicted octanol–water partition coefficient (Wildman–Crippen LogP) is 1.34. The summed E-state index contributed by atoms with van der Waals surface area (Å²) in [6.07, 6.45) is 0.311. The third-order valence-corrected chi connectivity index (χ3v) is 2.44. The summed E-state index contributed by atoms with van der Waals surface area (Å²) in [6, 6.07) is 0. The van der Waals surface area contributed by atoms with Gasteiger partial charge < -0.3 is 19.9 Å². The van der Waals surface area contributed by atoms with Crippen LogP contribution >= 0.6 is 0 Å². The molecule has 5 heteroatoms. The topological polar surface area (TPSA) is 70.8 Å². The molecule has 0 saturated carbocycles. The van der Waals surface area contributed by atoms with Crippen LogP contribution in [0.15, 0.2) is 0 Å². The zero-order valence-corrected chi connectivity index (χ0v) is 12.2. The molecule has 0 aromatic heterocycles. The normalized spacial score (nSPS) is 16.4. The molecule has 5 nitrogen and oxygen atoms in total. The molecule has 2 N–H and O–H groups in total. The van der Waals surface area contributed by atoms with Gasteiger partial charge in [0.2, 0.25) is 0 Å². The molecule has 0 aliphatic rings. The maximum absolute atomic E-state index is 11.4. The van der Waals surface area contributed by atoms with E-state index >= 15 is 0 Å². The number of hydrogen-bond acceptors (Lipinski definition) is 5.